The molecular weight excluding hydrogens is 326 g/mol. The predicted molar refractivity (Wildman–Crippen MR) is 88.8 cm³/mol. The summed E-state index contributed by atoms with van der Waals surface area (Å²) in [5.41, 5.74) is 0.406. The molecule has 2 aromatic heterocycles. The van der Waals surface area contributed by atoms with E-state index in [9.17, 15) is 4.79 Å². The number of amides is 1. The lowest BCUT2D eigenvalue weighted by atomic mass is 10.1. The largest absolute Gasteiger partial charge is 0.467 e. The van der Waals surface area contributed by atoms with E-state index in [0.29, 0.717) is 18.2 Å². The summed E-state index contributed by atoms with van der Waals surface area (Å²) in [6.45, 7) is 1.38. The molecule has 3 rings (SSSR count). The average molecular weight is 347 g/mol. The van der Waals surface area contributed by atoms with Crippen LogP contribution in [0, 0.1) is 0 Å². The van der Waals surface area contributed by atoms with Crippen LogP contribution in [0.25, 0.3) is 0 Å². The first-order valence-electron chi connectivity index (χ1n) is 7.97. The number of hydrogen-bond donors (Lipinski definition) is 1. The van der Waals surface area contributed by atoms with Crippen LogP contribution in [0.5, 0.6) is 12.0 Å². The van der Waals surface area contributed by atoms with E-state index in [4.69, 9.17) is 9.47 Å². The van der Waals surface area contributed by atoms with Gasteiger partial charge in [-0.25, -0.2) is 4.98 Å². The molecule has 3 heterocycles. The van der Waals surface area contributed by atoms with Crippen molar-refractivity contribution in [1.82, 2.24) is 29.8 Å². The van der Waals surface area contributed by atoms with Gasteiger partial charge in [-0.15, -0.1) is 4.98 Å². The van der Waals surface area contributed by atoms with Gasteiger partial charge in [-0.2, -0.15) is 9.97 Å². The number of nitrogens with zero attached hydrogens (tertiary/aromatic N) is 6. The zero-order chi connectivity index (χ0) is 17.8. The topological polar surface area (TPSA) is 107 Å². The molecule has 1 N–H and O–H groups in total. The number of nitrogens with one attached hydrogen (secondary N) is 1. The lowest BCUT2D eigenvalue weighted by molar-refractivity contribution is 0.0928. The summed E-state index contributed by atoms with van der Waals surface area (Å²) >= 11 is 0. The number of imidazole rings is 1. The monoisotopic (exact) mass is 347 g/mol. The van der Waals surface area contributed by atoms with Gasteiger partial charge in [-0.3, -0.25) is 4.79 Å². The van der Waals surface area contributed by atoms with E-state index in [-0.39, 0.29) is 24.0 Å². The Morgan fingerprint density at radius 1 is 1.24 bits per heavy atom. The summed E-state index contributed by atoms with van der Waals surface area (Å²) in [4.78, 5) is 30.9. The zero-order valence-electron chi connectivity index (χ0n) is 14.5. The summed E-state index contributed by atoms with van der Waals surface area (Å²) in [5, 5.41) is 3.02. The highest BCUT2D eigenvalue weighted by Crippen LogP contribution is 2.20. The first-order valence-corrected chi connectivity index (χ1v) is 7.97. The van der Waals surface area contributed by atoms with Crippen molar-refractivity contribution in [3.8, 4) is 12.0 Å². The number of methoxy groups -OCH3 is 2. The zero-order valence-corrected chi connectivity index (χ0v) is 14.5. The Hall–Kier alpha value is -2.91. The van der Waals surface area contributed by atoms with E-state index in [2.05, 4.69) is 25.3 Å². The second-order valence-corrected chi connectivity index (χ2v) is 5.79. The van der Waals surface area contributed by atoms with Crippen molar-refractivity contribution in [3.05, 3.63) is 18.2 Å². The minimum Gasteiger partial charge on any atom is -0.467 e. The molecular formula is C15H21N7O3. The third kappa shape index (κ3) is 3.95. The molecule has 2 aromatic rings. The fourth-order valence-corrected chi connectivity index (χ4v) is 2.72. The van der Waals surface area contributed by atoms with Crippen LogP contribution < -0.4 is 19.7 Å². The SMILES string of the molecule is COc1nc(OC)nc(N2CCCC(NC(=O)c3cn(C)cn3)C2)n1. The van der Waals surface area contributed by atoms with Gasteiger partial charge in [0.1, 0.15) is 5.69 Å². The molecule has 1 saturated heterocycles. The second kappa shape index (κ2) is 7.32. The molecule has 1 aliphatic rings. The van der Waals surface area contributed by atoms with Gasteiger partial charge in [0.25, 0.3) is 5.91 Å². The summed E-state index contributed by atoms with van der Waals surface area (Å²) in [6.07, 6.45) is 5.08. The summed E-state index contributed by atoms with van der Waals surface area (Å²) in [6, 6.07) is 0.375. The Morgan fingerprint density at radius 2 is 1.96 bits per heavy atom. The number of carbonyl (C=O) groups is 1. The molecule has 0 aromatic carbocycles. The van der Waals surface area contributed by atoms with Gasteiger partial charge in [-0.1, -0.05) is 0 Å². The lowest BCUT2D eigenvalue weighted by Gasteiger charge is -2.33. The van der Waals surface area contributed by atoms with Crippen LogP contribution in [-0.2, 0) is 7.05 Å². The number of piperidine rings is 1. The maximum Gasteiger partial charge on any atom is 0.324 e. The number of carbonyl (C=O) groups excluding carboxylic acids is 1. The van der Waals surface area contributed by atoms with Gasteiger partial charge < -0.3 is 24.3 Å². The molecule has 0 spiro atoms. The number of rotatable bonds is 5. The van der Waals surface area contributed by atoms with Crippen LogP contribution >= 0.6 is 0 Å². The van der Waals surface area contributed by atoms with Crippen LogP contribution in [-0.4, -0.2) is 63.8 Å². The molecule has 1 atom stereocenters. The van der Waals surface area contributed by atoms with Crippen molar-refractivity contribution >= 4 is 11.9 Å². The average Bonchev–Trinajstić information content (AvgIpc) is 3.08. The van der Waals surface area contributed by atoms with E-state index < -0.39 is 0 Å². The highest BCUT2D eigenvalue weighted by atomic mass is 16.5. The summed E-state index contributed by atoms with van der Waals surface area (Å²) in [5.74, 6) is 0.291. The maximum atomic E-state index is 12.3. The number of ether oxygens (including phenoxy) is 2. The molecule has 1 fully saturated rings. The molecule has 134 valence electrons. The van der Waals surface area contributed by atoms with E-state index in [0.717, 1.165) is 19.4 Å². The Balaban J connectivity index is 1.69. The van der Waals surface area contributed by atoms with Crippen molar-refractivity contribution in [2.75, 3.05) is 32.2 Å². The normalized spacial score (nSPS) is 17.2. The van der Waals surface area contributed by atoms with Crippen LogP contribution in [0.15, 0.2) is 12.5 Å². The maximum absolute atomic E-state index is 12.3. The van der Waals surface area contributed by atoms with Crippen LogP contribution in [0.2, 0.25) is 0 Å². The van der Waals surface area contributed by atoms with Crippen LogP contribution in [0.3, 0.4) is 0 Å². The van der Waals surface area contributed by atoms with E-state index in [1.165, 1.54) is 14.2 Å². The molecule has 0 aliphatic carbocycles. The highest BCUT2D eigenvalue weighted by molar-refractivity contribution is 5.92. The second-order valence-electron chi connectivity index (χ2n) is 5.79. The molecule has 10 heteroatoms. The van der Waals surface area contributed by atoms with Crippen LogP contribution in [0.4, 0.5) is 5.95 Å². The van der Waals surface area contributed by atoms with Crippen molar-refractivity contribution in [1.29, 1.82) is 0 Å². The van der Waals surface area contributed by atoms with Crippen LogP contribution in [0.1, 0.15) is 23.3 Å². The Morgan fingerprint density at radius 3 is 2.56 bits per heavy atom. The van der Waals surface area contributed by atoms with Gasteiger partial charge in [0.05, 0.1) is 20.5 Å². The fourth-order valence-electron chi connectivity index (χ4n) is 2.72. The van der Waals surface area contributed by atoms with Gasteiger partial charge >= 0.3 is 12.0 Å². The molecule has 1 aliphatic heterocycles. The highest BCUT2D eigenvalue weighted by Gasteiger charge is 2.25. The molecule has 1 unspecified atom stereocenters. The quantitative estimate of drug-likeness (QED) is 0.807. The van der Waals surface area contributed by atoms with Crippen molar-refractivity contribution < 1.29 is 14.3 Å². The third-order valence-corrected chi connectivity index (χ3v) is 3.92. The van der Waals surface area contributed by atoms with E-state index >= 15 is 0 Å². The molecule has 0 radical (unpaired) electrons. The van der Waals surface area contributed by atoms with Gasteiger partial charge in [0, 0.05) is 32.4 Å². The van der Waals surface area contributed by atoms with E-state index in [1.54, 1.807) is 17.1 Å². The first kappa shape index (κ1) is 16.9. The Labute approximate surface area is 145 Å². The molecule has 0 saturated carbocycles. The Bertz CT molecular complexity index is 726. The van der Waals surface area contributed by atoms with Gasteiger partial charge in [0.2, 0.25) is 5.95 Å². The fraction of sp³-hybridized carbons (Fsp3) is 0.533. The van der Waals surface area contributed by atoms with Crippen molar-refractivity contribution in [2.24, 2.45) is 7.05 Å². The number of anilines is 1. The van der Waals surface area contributed by atoms with Crippen molar-refractivity contribution in [3.63, 3.8) is 0 Å². The molecule has 25 heavy (non-hydrogen) atoms. The Kier molecular flexibility index (Phi) is 4.96. The first-order chi connectivity index (χ1) is 12.1. The minimum atomic E-state index is -0.182. The minimum absolute atomic E-state index is 0.0167. The summed E-state index contributed by atoms with van der Waals surface area (Å²) < 4.78 is 11.9. The van der Waals surface area contributed by atoms with Crippen molar-refractivity contribution in [2.45, 2.75) is 18.9 Å². The smallest absolute Gasteiger partial charge is 0.324 e. The molecule has 0 bridgehead atoms. The number of hydrogen-bond acceptors (Lipinski definition) is 8. The van der Waals surface area contributed by atoms with Gasteiger partial charge in [-0.05, 0) is 12.8 Å². The molecule has 1 amide bonds. The lowest BCUT2D eigenvalue weighted by Crippen LogP contribution is -2.48. The third-order valence-electron chi connectivity index (χ3n) is 3.92. The predicted octanol–water partition coefficient (Wildman–Crippen LogP) is 0.0211. The standard InChI is InChI=1S/C15H21N7O3/c1-21-8-11(16-9-21)12(23)17-10-5-4-6-22(7-10)13-18-14(24-2)20-15(19-13)25-3/h8-10H,4-7H2,1-3H3,(H,17,23). The number of aryl methyl sites for hydroxylation is 1. The number of aromatic nitrogens is 5. The van der Waals surface area contributed by atoms with Gasteiger partial charge in [0.15, 0.2) is 0 Å². The molecule has 10 nitrogen and oxygen atoms in total. The van der Waals surface area contributed by atoms with E-state index in [1.807, 2.05) is 11.9 Å². The summed E-state index contributed by atoms with van der Waals surface area (Å²) in [7, 11) is 4.81.